The monoisotopic (exact) mass is 329 g/mol. The van der Waals surface area contributed by atoms with Crippen LogP contribution in [0.15, 0.2) is 48.5 Å². The molecule has 0 aliphatic heterocycles. The van der Waals surface area contributed by atoms with E-state index in [0.717, 1.165) is 29.0 Å². The van der Waals surface area contributed by atoms with Crippen LogP contribution < -0.4 is 10.1 Å². The normalized spacial score (nSPS) is 10.7. The third kappa shape index (κ3) is 5.46. The average Bonchev–Trinajstić information content (AvgIpc) is 2.55. The molecular weight excluding hydrogens is 310 g/mol. The second-order valence-electron chi connectivity index (χ2n) is 5.20. The van der Waals surface area contributed by atoms with Crippen LogP contribution in [0.2, 0.25) is 5.02 Å². The van der Waals surface area contributed by atoms with Gasteiger partial charge in [0.1, 0.15) is 5.75 Å². The Labute approximate surface area is 141 Å². The zero-order valence-corrected chi connectivity index (χ0v) is 14.1. The Balaban J connectivity index is 1.96. The summed E-state index contributed by atoms with van der Waals surface area (Å²) in [6, 6.07) is 13.0. The first-order valence-corrected chi connectivity index (χ1v) is 7.94. The molecule has 1 N–H and O–H groups in total. The Morgan fingerprint density at radius 1 is 1.22 bits per heavy atom. The van der Waals surface area contributed by atoms with E-state index >= 15 is 0 Å². The molecule has 0 fully saturated rings. The van der Waals surface area contributed by atoms with E-state index in [1.807, 2.05) is 37.3 Å². The molecule has 0 saturated carbocycles. The molecule has 2 aromatic carbocycles. The lowest BCUT2D eigenvalue weighted by molar-refractivity contribution is -0.111. The van der Waals surface area contributed by atoms with Gasteiger partial charge in [-0.1, -0.05) is 36.7 Å². The number of hydrogen-bond acceptors (Lipinski definition) is 2. The van der Waals surface area contributed by atoms with Gasteiger partial charge in [0.05, 0.1) is 6.61 Å². The van der Waals surface area contributed by atoms with Crippen LogP contribution in [-0.4, -0.2) is 12.5 Å². The lowest BCUT2D eigenvalue weighted by Crippen LogP contribution is -2.08. The van der Waals surface area contributed by atoms with E-state index in [2.05, 4.69) is 12.2 Å². The quantitative estimate of drug-likeness (QED) is 0.750. The van der Waals surface area contributed by atoms with Crippen molar-refractivity contribution in [3.63, 3.8) is 0 Å². The first kappa shape index (κ1) is 17.1. The fourth-order valence-electron chi connectivity index (χ4n) is 1.97. The van der Waals surface area contributed by atoms with Crippen LogP contribution in [0.3, 0.4) is 0 Å². The van der Waals surface area contributed by atoms with Crippen LogP contribution in [0.5, 0.6) is 5.75 Å². The van der Waals surface area contributed by atoms with Gasteiger partial charge in [0.15, 0.2) is 0 Å². The topological polar surface area (TPSA) is 38.3 Å². The maximum absolute atomic E-state index is 12.0. The van der Waals surface area contributed by atoms with Crippen molar-refractivity contribution in [1.82, 2.24) is 0 Å². The summed E-state index contributed by atoms with van der Waals surface area (Å²) < 4.78 is 5.52. The number of rotatable bonds is 6. The Kier molecular flexibility index (Phi) is 6.24. The van der Waals surface area contributed by atoms with Crippen LogP contribution >= 0.6 is 11.6 Å². The second-order valence-corrected chi connectivity index (χ2v) is 5.64. The maximum atomic E-state index is 12.0. The highest BCUT2D eigenvalue weighted by Crippen LogP contribution is 2.20. The number of nitrogens with one attached hydrogen (secondary N) is 1. The fourth-order valence-corrected chi connectivity index (χ4v) is 2.14. The summed E-state index contributed by atoms with van der Waals surface area (Å²) in [7, 11) is 0. The zero-order chi connectivity index (χ0) is 16.7. The minimum absolute atomic E-state index is 0.193. The van der Waals surface area contributed by atoms with Gasteiger partial charge in [-0.2, -0.15) is 0 Å². The first-order chi connectivity index (χ1) is 11.1. The molecule has 0 aromatic heterocycles. The summed E-state index contributed by atoms with van der Waals surface area (Å²) in [5, 5.41) is 3.42. The van der Waals surface area contributed by atoms with Gasteiger partial charge in [-0.25, -0.2) is 0 Å². The summed E-state index contributed by atoms with van der Waals surface area (Å²) in [5.74, 6) is 0.643. The summed E-state index contributed by atoms with van der Waals surface area (Å²) in [6.45, 7) is 4.69. The molecule has 0 radical (unpaired) electrons. The maximum Gasteiger partial charge on any atom is 0.248 e. The summed E-state index contributed by atoms with van der Waals surface area (Å²) in [4.78, 5) is 12.0. The van der Waals surface area contributed by atoms with Crippen molar-refractivity contribution in [1.29, 1.82) is 0 Å². The molecule has 2 rings (SSSR count). The van der Waals surface area contributed by atoms with Crippen molar-refractivity contribution in [2.24, 2.45) is 0 Å². The van der Waals surface area contributed by atoms with Crippen LogP contribution in [0, 0.1) is 6.92 Å². The van der Waals surface area contributed by atoms with Crippen LogP contribution in [0.25, 0.3) is 6.08 Å². The van der Waals surface area contributed by atoms with E-state index in [1.165, 1.54) is 6.08 Å². The third-order valence-corrected chi connectivity index (χ3v) is 3.47. The fraction of sp³-hybridized carbons (Fsp3) is 0.211. The third-order valence-electron chi connectivity index (χ3n) is 3.24. The van der Waals surface area contributed by atoms with Gasteiger partial charge < -0.3 is 10.1 Å². The predicted molar refractivity (Wildman–Crippen MR) is 96.1 cm³/mol. The van der Waals surface area contributed by atoms with Gasteiger partial charge in [0.2, 0.25) is 5.91 Å². The van der Waals surface area contributed by atoms with Crippen molar-refractivity contribution >= 4 is 29.3 Å². The molecule has 0 atom stereocenters. The molecule has 3 nitrogen and oxygen atoms in total. The number of ether oxygens (including phenoxy) is 1. The number of halogens is 1. The van der Waals surface area contributed by atoms with Gasteiger partial charge in [-0.05, 0) is 54.8 Å². The van der Waals surface area contributed by atoms with Gasteiger partial charge in [0, 0.05) is 16.8 Å². The smallest absolute Gasteiger partial charge is 0.248 e. The van der Waals surface area contributed by atoms with E-state index < -0.39 is 0 Å². The number of carbonyl (C=O) groups is 1. The van der Waals surface area contributed by atoms with E-state index in [0.29, 0.717) is 11.6 Å². The van der Waals surface area contributed by atoms with Crippen LogP contribution in [-0.2, 0) is 4.79 Å². The number of amides is 1. The SMILES string of the molecule is CCCOc1ccc(/C=C/C(=O)Nc2cc(Cl)ccc2C)cc1. The highest BCUT2D eigenvalue weighted by atomic mass is 35.5. The minimum atomic E-state index is -0.193. The molecule has 0 unspecified atom stereocenters. The van der Waals surface area contributed by atoms with E-state index in [-0.39, 0.29) is 5.91 Å². The number of benzene rings is 2. The van der Waals surface area contributed by atoms with E-state index in [9.17, 15) is 4.79 Å². The standard InChI is InChI=1S/C19H20ClNO2/c1-3-12-23-17-9-5-15(6-10-17)7-11-19(22)21-18-13-16(20)8-4-14(18)2/h4-11,13H,3,12H2,1-2H3,(H,21,22)/b11-7+. The molecule has 120 valence electrons. The number of hydrogen-bond donors (Lipinski definition) is 1. The van der Waals surface area contributed by atoms with Crippen molar-refractivity contribution < 1.29 is 9.53 Å². The highest BCUT2D eigenvalue weighted by Gasteiger charge is 2.02. The Morgan fingerprint density at radius 2 is 1.96 bits per heavy atom. The van der Waals surface area contributed by atoms with Crippen LogP contribution in [0.4, 0.5) is 5.69 Å². The van der Waals surface area contributed by atoms with E-state index in [1.54, 1.807) is 18.2 Å². The molecule has 0 saturated heterocycles. The Morgan fingerprint density at radius 3 is 2.65 bits per heavy atom. The predicted octanol–water partition coefficient (Wildman–Crippen LogP) is 5.09. The van der Waals surface area contributed by atoms with Gasteiger partial charge >= 0.3 is 0 Å². The lowest BCUT2D eigenvalue weighted by atomic mass is 10.2. The Hall–Kier alpha value is -2.26. The first-order valence-electron chi connectivity index (χ1n) is 7.56. The van der Waals surface area contributed by atoms with Crippen molar-refractivity contribution in [2.75, 3.05) is 11.9 Å². The summed E-state index contributed by atoms with van der Waals surface area (Å²) in [5.41, 5.74) is 2.62. The molecule has 2 aromatic rings. The molecule has 0 aliphatic carbocycles. The lowest BCUT2D eigenvalue weighted by Gasteiger charge is -2.06. The molecule has 1 amide bonds. The molecule has 0 aliphatic rings. The summed E-state index contributed by atoms with van der Waals surface area (Å²) in [6.07, 6.45) is 4.24. The van der Waals surface area contributed by atoms with Gasteiger partial charge in [-0.3, -0.25) is 4.79 Å². The van der Waals surface area contributed by atoms with Crippen molar-refractivity contribution in [3.8, 4) is 5.75 Å². The highest BCUT2D eigenvalue weighted by molar-refractivity contribution is 6.31. The second kappa shape index (κ2) is 8.39. The average molecular weight is 330 g/mol. The van der Waals surface area contributed by atoms with Gasteiger partial charge in [-0.15, -0.1) is 0 Å². The molecule has 0 heterocycles. The number of carbonyl (C=O) groups excluding carboxylic acids is 1. The molecule has 23 heavy (non-hydrogen) atoms. The molecular formula is C19H20ClNO2. The van der Waals surface area contributed by atoms with E-state index in [4.69, 9.17) is 16.3 Å². The minimum Gasteiger partial charge on any atom is -0.494 e. The van der Waals surface area contributed by atoms with Crippen LogP contribution in [0.1, 0.15) is 24.5 Å². The molecule has 0 spiro atoms. The van der Waals surface area contributed by atoms with Crippen molar-refractivity contribution in [2.45, 2.75) is 20.3 Å². The number of aryl methyl sites for hydroxylation is 1. The van der Waals surface area contributed by atoms with Gasteiger partial charge in [0.25, 0.3) is 0 Å². The largest absolute Gasteiger partial charge is 0.494 e. The molecule has 4 heteroatoms. The van der Waals surface area contributed by atoms with Crippen molar-refractivity contribution in [3.05, 3.63) is 64.7 Å². The zero-order valence-electron chi connectivity index (χ0n) is 13.3. The Bertz CT molecular complexity index is 693. The summed E-state index contributed by atoms with van der Waals surface area (Å²) >= 11 is 5.94. The molecule has 0 bridgehead atoms. The number of anilines is 1.